The van der Waals surface area contributed by atoms with E-state index in [0.29, 0.717) is 19.6 Å². The number of carbonyl (C=O) groups excluding carboxylic acids is 1. The number of hydrogen-bond donors (Lipinski definition) is 2. The van der Waals surface area contributed by atoms with E-state index in [1.54, 1.807) is 4.90 Å². The molecular weight excluding hydrogens is 260 g/mol. The van der Waals surface area contributed by atoms with Gasteiger partial charge in [0.25, 0.3) is 0 Å². The second kappa shape index (κ2) is 5.69. The number of hydrogen-bond acceptors (Lipinski definition) is 4. The predicted molar refractivity (Wildman–Crippen MR) is 73.1 cm³/mol. The Morgan fingerprint density at radius 2 is 1.85 bits per heavy atom. The summed E-state index contributed by atoms with van der Waals surface area (Å²) in [5.74, 6) is -1.82. The summed E-state index contributed by atoms with van der Waals surface area (Å²) in [7, 11) is 0. The number of aliphatic hydroxyl groups is 1. The lowest BCUT2D eigenvalue weighted by Crippen LogP contribution is -2.37. The molecule has 1 aliphatic heterocycles. The van der Waals surface area contributed by atoms with Crippen LogP contribution in [0.15, 0.2) is 0 Å². The molecule has 2 rings (SSSR count). The van der Waals surface area contributed by atoms with Crippen LogP contribution in [0, 0.1) is 17.3 Å². The van der Waals surface area contributed by atoms with Crippen LogP contribution >= 0.6 is 0 Å². The fourth-order valence-corrected chi connectivity index (χ4v) is 3.31. The maximum absolute atomic E-state index is 12.5. The lowest BCUT2D eigenvalue weighted by Gasteiger charge is -2.22. The summed E-state index contributed by atoms with van der Waals surface area (Å²) in [4.78, 5) is 27.6. The molecule has 0 aromatic heterocycles. The highest BCUT2D eigenvalue weighted by molar-refractivity contribution is 5.91. The molecule has 0 spiro atoms. The second-order valence-electron chi connectivity index (χ2n) is 6.36. The second-order valence-corrected chi connectivity index (χ2v) is 6.36. The van der Waals surface area contributed by atoms with Gasteiger partial charge < -0.3 is 15.1 Å². The van der Waals surface area contributed by atoms with Crippen molar-refractivity contribution in [3.05, 3.63) is 0 Å². The minimum Gasteiger partial charge on any atom is -0.481 e. The standard InChI is InChI=1S/C14H24N2O4/c1-14(2)10(11(14)13(19)20)12(18)16-5-3-4-15(6-7-16)8-9-17/h10-11,17H,3-9H2,1-2H3,(H,19,20). The third-order valence-electron chi connectivity index (χ3n) is 4.68. The monoisotopic (exact) mass is 284 g/mol. The van der Waals surface area contributed by atoms with Gasteiger partial charge in [-0.05, 0) is 18.4 Å². The number of β-amino-alcohol motifs (C(OH)–C–C–N with tert-alkyl or cyclic N) is 1. The van der Waals surface area contributed by atoms with E-state index in [2.05, 4.69) is 4.90 Å². The van der Waals surface area contributed by atoms with E-state index in [1.807, 2.05) is 13.8 Å². The van der Waals surface area contributed by atoms with Gasteiger partial charge in [-0.2, -0.15) is 0 Å². The molecule has 6 heteroatoms. The van der Waals surface area contributed by atoms with Crippen LogP contribution in [0.4, 0.5) is 0 Å². The predicted octanol–water partition coefficient (Wildman–Crippen LogP) is -0.130. The van der Waals surface area contributed by atoms with Gasteiger partial charge in [0.05, 0.1) is 18.4 Å². The van der Waals surface area contributed by atoms with Gasteiger partial charge in [-0.3, -0.25) is 14.5 Å². The minimum absolute atomic E-state index is 0.0201. The molecule has 1 amide bonds. The average molecular weight is 284 g/mol. The number of rotatable bonds is 4. The maximum atomic E-state index is 12.5. The van der Waals surface area contributed by atoms with Gasteiger partial charge in [0.2, 0.25) is 5.91 Å². The van der Waals surface area contributed by atoms with E-state index in [-0.39, 0.29) is 18.4 Å². The highest BCUT2D eigenvalue weighted by atomic mass is 16.4. The molecule has 2 atom stereocenters. The number of aliphatic hydroxyl groups excluding tert-OH is 1. The maximum Gasteiger partial charge on any atom is 0.307 e. The molecule has 0 aromatic carbocycles. The summed E-state index contributed by atoms with van der Waals surface area (Å²) in [6.07, 6.45) is 0.872. The minimum atomic E-state index is -0.870. The van der Waals surface area contributed by atoms with Crippen molar-refractivity contribution in [2.75, 3.05) is 39.3 Å². The number of carbonyl (C=O) groups is 2. The van der Waals surface area contributed by atoms with Crippen molar-refractivity contribution in [1.82, 2.24) is 9.80 Å². The number of carboxylic acid groups (broad SMARTS) is 1. The van der Waals surface area contributed by atoms with Gasteiger partial charge in [-0.15, -0.1) is 0 Å². The molecule has 2 fully saturated rings. The lowest BCUT2D eigenvalue weighted by molar-refractivity contribution is -0.142. The van der Waals surface area contributed by atoms with Crippen LogP contribution < -0.4 is 0 Å². The van der Waals surface area contributed by atoms with Crippen molar-refractivity contribution in [1.29, 1.82) is 0 Å². The topological polar surface area (TPSA) is 81.1 Å². The van der Waals surface area contributed by atoms with E-state index in [1.165, 1.54) is 0 Å². The molecule has 1 saturated carbocycles. The molecule has 20 heavy (non-hydrogen) atoms. The largest absolute Gasteiger partial charge is 0.481 e. The van der Waals surface area contributed by atoms with Crippen LogP contribution in [0.25, 0.3) is 0 Å². The number of nitrogens with zero attached hydrogens (tertiary/aromatic N) is 2. The van der Waals surface area contributed by atoms with E-state index < -0.39 is 17.3 Å². The van der Waals surface area contributed by atoms with E-state index >= 15 is 0 Å². The number of aliphatic carboxylic acids is 1. The van der Waals surface area contributed by atoms with Gasteiger partial charge in [0, 0.05) is 26.2 Å². The Labute approximate surface area is 119 Å². The fourth-order valence-electron chi connectivity index (χ4n) is 3.31. The Bertz CT molecular complexity index is 397. The first kappa shape index (κ1) is 15.3. The van der Waals surface area contributed by atoms with Crippen LogP contribution in [0.3, 0.4) is 0 Å². The smallest absolute Gasteiger partial charge is 0.307 e. The van der Waals surface area contributed by atoms with Crippen LogP contribution in [-0.4, -0.2) is 71.2 Å². The van der Waals surface area contributed by atoms with Gasteiger partial charge in [-0.25, -0.2) is 0 Å². The van der Waals surface area contributed by atoms with Crippen molar-refractivity contribution < 1.29 is 19.8 Å². The Kier molecular flexibility index (Phi) is 4.34. The Hall–Kier alpha value is -1.14. The van der Waals surface area contributed by atoms with Gasteiger partial charge in [-0.1, -0.05) is 13.8 Å². The molecular formula is C14H24N2O4. The van der Waals surface area contributed by atoms with Gasteiger partial charge >= 0.3 is 5.97 Å². The first-order valence-electron chi connectivity index (χ1n) is 7.24. The SMILES string of the molecule is CC1(C)C(C(=O)O)C1C(=O)N1CCCN(CCO)CC1. The zero-order chi connectivity index (χ0) is 14.9. The fraction of sp³-hybridized carbons (Fsp3) is 0.857. The van der Waals surface area contributed by atoms with Crippen molar-refractivity contribution in [3.8, 4) is 0 Å². The zero-order valence-electron chi connectivity index (χ0n) is 12.2. The molecule has 2 N–H and O–H groups in total. The van der Waals surface area contributed by atoms with Crippen molar-refractivity contribution >= 4 is 11.9 Å². The first-order chi connectivity index (χ1) is 9.39. The van der Waals surface area contributed by atoms with Crippen LogP contribution in [-0.2, 0) is 9.59 Å². The summed E-state index contributed by atoms with van der Waals surface area (Å²) in [5.41, 5.74) is -0.431. The van der Waals surface area contributed by atoms with Crippen molar-refractivity contribution in [3.63, 3.8) is 0 Å². The third-order valence-corrected chi connectivity index (χ3v) is 4.68. The highest BCUT2D eigenvalue weighted by Crippen LogP contribution is 2.59. The average Bonchev–Trinajstić information content (AvgIpc) is 3.01. The molecule has 2 unspecified atom stereocenters. The Morgan fingerprint density at radius 3 is 2.40 bits per heavy atom. The number of amides is 1. The van der Waals surface area contributed by atoms with E-state index in [4.69, 9.17) is 10.2 Å². The molecule has 0 aromatic rings. The molecule has 1 aliphatic carbocycles. The van der Waals surface area contributed by atoms with Gasteiger partial charge in [0.1, 0.15) is 0 Å². The molecule has 1 heterocycles. The van der Waals surface area contributed by atoms with Crippen molar-refractivity contribution in [2.45, 2.75) is 20.3 Å². The lowest BCUT2D eigenvalue weighted by atomic mass is 10.1. The van der Waals surface area contributed by atoms with Crippen LogP contribution in [0.5, 0.6) is 0 Å². The Morgan fingerprint density at radius 1 is 1.15 bits per heavy atom. The summed E-state index contributed by atoms with van der Waals surface area (Å²) in [5, 5.41) is 18.1. The summed E-state index contributed by atoms with van der Waals surface area (Å²) < 4.78 is 0. The first-order valence-corrected chi connectivity index (χ1v) is 7.24. The molecule has 6 nitrogen and oxygen atoms in total. The van der Waals surface area contributed by atoms with E-state index in [9.17, 15) is 9.59 Å². The summed E-state index contributed by atoms with van der Waals surface area (Å²) in [6, 6.07) is 0. The molecule has 0 radical (unpaired) electrons. The zero-order valence-corrected chi connectivity index (χ0v) is 12.2. The van der Waals surface area contributed by atoms with E-state index in [0.717, 1.165) is 19.5 Å². The third kappa shape index (κ3) is 2.81. The normalized spacial score (nSPS) is 29.9. The molecule has 114 valence electrons. The molecule has 0 bridgehead atoms. The molecule has 2 aliphatic rings. The van der Waals surface area contributed by atoms with Gasteiger partial charge in [0.15, 0.2) is 0 Å². The summed E-state index contributed by atoms with van der Waals surface area (Å²) in [6.45, 7) is 7.39. The Balaban J connectivity index is 1.95. The summed E-state index contributed by atoms with van der Waals surface area (Å²) >= 11 is 0. The quantitative estimate of drug-likeness (QED) is 0.751. The molecule has 1 saturated heterocycles. The number of carboxylic acids is 1. The highest BCUT2D eigenvalue weighted by Gasteiger charge is 2.66. The van der Waals surface area contributed by atoms with Crippen molar-refractivity contribution in [2.24, 2.45) is 17.3 Å². The van der Waals surface area contributed by atoms with Crippen LogP contribution in [0.2, 0.25) is 0 Å². The van der Waals surface area contributed by atoms with Crippen LogP contribution in [0.1, 0.15) is 20.3 Å².